The Morgan fingerprint density at radius 2 is 1.34 bits per heavy atom. The van der Waals surface area contributed by atoms with Gasteiger partial charge in [0, 0.05) is 40.6 Å². The third-order valence-corrected chi connectivity index (χ3v) is 8.30. The van der Waals surface area contributed by atoms with Gasteiger partial charge in [-0.1, -0.05) is 50.2 Å². The Morgan fingerprint density at radius 3 is 1.89 bits per heavy atom. The quantitative estimate of drug-likeness (QED) is 0.107. The van der Waals surface area contributed by atoms with Crippen molar-refractivity contribution in [2.45, 2.75) is 57.3 Å². The molecule has 4 atom stereocenters. The van der Waals surface area contributed by atoms with Crippen LogP contribution in [0, 0.1) is 5.92 Å². The van der Waals surface area contributed by atoms with Crippen molar-refractivity contribution in [3.8, 4) is 0 Å². The van der Waals surface area contributed by atoms with Crippen LogP contribution >= 0.6 is 11.8 Å². The molecule has 0 spiro atoms. The molecular formula is C32H40N6O5S. The van der Waals surface area contributed by atoms with Crippen molar-refractivity contribution in [3.05, 3.63) is 72.1 Å². The first kappa shape index (κ1) is 32.6. The van der Waals surface area contributed by atoms with E-state index in [0.29, 0.717) is 5.75 Å². The van der Waals surface area contributed by atoms with Crippen LogP contribution < -0.4 is 21.7 Å². The topological polar surface area (TPSA) is 182 Å². The molecule has 234 valence electrons. The van der Waals surface area contributed by atoms with Gasteiger partial charge in [-0.15, -0.1) is 0 Å². The minimum atomic E-state index is -1.14. The van der Waals surface area contributed by atoms with Gasteiger partial charge < -0.3 is 36.8 Å². The van der Waals surface area contributed by atoms with E-state index in [9.17, 15) is 24.3 Å². The van der Waals surface area contributed by atoms with E-state index in [1.54, 1.807) is 20.0 Å². The van der Waals surface area contributed by atoms with Gasteiger partial charge in [-0.3, -0.25) is 14.4 Å². The number of nitrogens with one attached hydrogen (secondary N) is 5. The molecule has 2 heterocycles. The monoisotopic (exact) mass is 620 g/mol. The molecule has 0 aliphatic heterocycles. The van der Waals surface area contributed by atoms with Crippen LogP contribution in [-0.4, -0.2) is 74.9 Å². The first-order valence-corrected chi connectivity index (χ1v) is 16.0. The van der Waals surface area contributed by atoms with Crippen LogP contribution in [0.1, 0.15) is 31.4 Å². The standard InChI is InChI=1S/C32H40N6O5S/c1-18(2)28(31(41)36-26(32(42)43)12-13-44-3)38-30(40)27(15-20-17-35-25-11-7-5-9-22(20)25)37-29(39)23(33)14-19-16-34-24-10-6-4-8-21(19)24/h4-11,16-18,23,26-28,34-35H,12-15,33H2,1-3H3,(H,36,41)(H,37,39)(H,38,40)(H,42,43). The number of aliphatic carboxylic acids is 1. The number of carbonyl (C=O) groups is 4. The number of aromatic nitrogens is 2. The number of fused-ring (bicyclic) bond motifs is 2. The molecule has 0 saturated carbocycles. The summed E-state index contributed by atoms with van der Waals surface area (Å²) in [5.41, 5.74) is 9.85. The number of para-hydroxylation sites is 2. The lowest BCUT2D eigenvalue weighted by atomic mass is 9.99. The first-order valence-electron chi connectivity index (χ1n) is 14.6. The van der Waals surface area contributed by atoms with Gasteiger partial charge in [-0.2, -0.15) is 11.8 Å². The summed E-state index contributed by atoms with van der Waals surface area (Å²) in [7, 11) is 0. The third-order valence-electron chi connectivity index (χ3n) is 7.66. The number of hydrogen-bond acceptors (Lipinski definition) is 6. The number of rotatable bonds is 15. The highest BCUT2D eigenvalue weighted by Crippen LogP contribution is 2.21. The molecule has 0 bridgehead atoms. The molecule has 4 aromatic rings. The van der Waals surface area contributed by atoms with Crippen molar-refractivity contribution >= 4 is 57.3 Å². The predicted molar refractivity (Wildman–Crippen MR) is 173 cm³/mol. The van der Waals surface area contributed by atoms with E-state index in [0.717, 1.165) is 32.9 Å². The van der Waals surface area contributed by atoms with Crippen LogP contribution in [0.2, 0.25) is 0 Å². The zero-order valence-electron chi connectivity index (χ0n) is 25.1. The number of benzene rings is 2. The molecule has 0 radical (unpaired) electrons. The van der Waals surface area contributed by atoms with Crippen molar-refractivity contribution in [1.29, 1.82) is 0 Å². The molecule has 2 aromatic heterocycles. The van der Waals surface area contributed by atoms with Crippen molar-refractivity contribution in [2.75, 3.05) is 12.0 Å². The number of nitrogens with two attached hydrogens (primary N) is 1. The van der Waals surface area contributed by atoms with Gasteiger partial charge in [0.15, 0.2) is 0 Å². The zero-order chi connectivity index (χ0) is 31.8. The molecule has 0 fully saturated rings. The number of thioether (sulfide) groups is 1. The molecule has 2 aromatic carbocycles. The van der Waals surface area contributed by atoms with Crippen molar-refractivity contribution in [2.24, 2.45) is 11.7 Å². The predicted octanol–water partition coefficient (Wildman–Crippen LogP) is 2.71. The van der Waals surface area contributed by atoms with E-state index in [1.807, 2.05) is 61.0 Å². The van der Waals surface area contributed by atoms with Gasteiger partial charge >= 0.3 is 5.97 Å². The van der Waals surface area contributed by atoms with Gasteiger partial charge in [0.25, 0.3) is 0 Å². The number of amides is 3. The van der Waals surface area contributed by atoms with Gasteiger partial charge in [-0.05, 0) is 54.0 Å². The minimum absolute atomic E-state index is 0.138. The number of aromatic amines is 2. The average Bonchev–Trinajstić information content (AvgIpc) is 3.61. The molecule has 8 N–H and O–H groups in total. The van der Waals surface area contributed by atoms with E-state index < -0.39 is 47.9 Å². The lowest BCUT2D eigenvalue weighted by Crippen LogP contribution is -2.59. The zero-order valence-corrected chi connectivity index (χ0v) is 25.9. The maximum absolute atomic E-state index is 13.8. The fourth-order valence-corrected chi connectivity index (χ4v) is 5.65. The van der Waals surface area contributed by atoms with E-state index in [4.69, 9.17) is 5.73 Å². The molecule has 44 heavy (non-hydrogen) atoms. The first-order chi connectivity index (χ1) is 21.1. The second-order valence-electron chi connectivity index (χ2n) is 11.2. The lowest BCUT2D eigenvalue weighted by molar-refractivity contribution is -0.142. The Hall–Kier alpha value is -4.29. The second kappa shape index (κ2) is 14.9. The van der Waals surface area contributed by atoms with Crippen LogP contribution in [0.15, 0.2) is 60.9 Å². The third kappa shape index (κ3) is 8.00. The molecule has 11 nitrogen and oxygen atoms in total. The molecule has 0 saturated heterocycles. The van der Waals surface area contributed by atoms with Crippen LogP contribution in [0.5, 0.6) is 0 Å². The van der Waals surface area contributed by atoms with E-state index in [2.05, 4.69) is 25.9 Å². The maximum atomic E-state index is 13.8. The van der Waals surface area contributed by atoms with E-state index in [-0.39, 0.29) is 25.2 Å². The molecule has 3 amide bonds. The molecule has 0 aliphatic rings. The number of hydrogen-bond donors (Lipinski definition) is 7. The Labute approximate surface area is 260 Å². The van der Waals surface area contributed by atoms with E-state index in [1.165, 1.54) is 11.8 Å². The summed E-state index contributed by atoms with van der Waals surface area (Å²) in [6, 6.07) is 11.2. The fraction of sp³-hybridized carbons (Fsp3) is 0.375. The molecule has 4 unspecified atom stereocenters. The minimum Gasteiger partial charge on any atom is -0.480 e. The highest BCUT2D eigenvalue weighted by molar-refractivity contribution is 7.98. The number of carboxylic acids is 1. The smallest absolute Gasteiger partial charge is 0.326 e. The maximum Gasteiger partial charge on any atom is 0.326 e. The molecular weight excluding hydrogens is 580 g/mol. The SMILES string of the molecule is CSCCC(NC(=O)C(NC(=O)C(Cc1c[nH]c2ccccc12)NC(=O)C(N)Cc1c[nH]c2ccccc12)C(C)C)C(=O)O. The summed E-state index contributed by atoms with van der Waals surface area (Å²) in [5.74, 6) is -2.64. The molecule has 4 rings (SSSR count). The fourth-order valence-electron chi connectivity index (χ4n) is 5.18. The summed E-state index contributed by atoms with van der Waals surface area (Å²) in [6.07, 6.45) is 6.10. The Balaban J connectivity index is 1.53. The normalized spacial score (nSPS) is 14.2. The average molecular weight is 621 g/mol. The van der Waals surface area contributed by atoms with Crippen LogP contribution in [0.3, 0.4) is 0 Å². The van der Waals surface area contributed by atoms with Crippen molar-refractivity contribution < 1.29 is 24.3 Å². The summed E-state index contributed by atoms with van der Waals surface area (Å²) < 4.78 is 0. The summed E-state index contributed by atoms with van der Waals surface area (Å²) in [4.78, 5) is 58.5. The lowest BCUT2D eigenvalue weighted by Gasteiger charge is -2.27. The Bertz CT molecular complexity index is 1610. The van der Waals surface area contributed by atoms with Crippen molar-refractivity contribution in [3.63, 3.8) is 0 Å². The van der Waals surface area contributed by atoms with Crippen molar-refractivity contribution in [1.82, 2.24) is 25.9 Å². The second-order valence-corrected chi connectivity index (χ2v) is 12.2. The summed E-state index contributed by atoms with van der Waals surface area (Å²) in [5, 5.41) is 19.6. The van der Waals surface area contributed by atoms with Gasteiger partial charge in [0.2, 0.25) is 17.7 Å². The molecule has 12 heteroatoms. The summed E-state index contributed by atoms with van der Waals surface area (Å²) >= 11 is 1.48. The van der Waals surface area contributed by atoms with Crippen LogP contribution in [0.4, 0.5) is 0 Å². The molecule has 0 aliphatic carbocycles. The van der Waals surface area contributed by atoms with Crippen LogP contribution in [0.25, 0.3) is 21.8 Å². The number of carbonyl (C=O) groups excluding carboxylic acids is 3. The highest BCUT2D eigenvalue weighted by atomic mass is 32.2. The Kier molecular flexibility index (Phi) is 11.1. The Morgan fingerprint density at radius 1 is 0.795 bits per heavy atom. The van der Waals surface area contributed by atoms with Gasteiger partial charge in [-0.25, -0.2) is 4.79 Å². The largest absolute Gasteiger partial charge is 0.480 e. The van der Waals surface area contributed by atoms with Gasteiger partial charge in [0.1, 0.15) is 18.1 Å². The number of carboxylic acid groups (broad SMARTS) is 1. The highest BCUT2D eigenvalue weighted by Gasteiger charge is 2.32. The van der Waals surface area contributed by atoms with Gasteiger partial charge in [0.05, 0.1) is 6.04 Å². The number of H-pyrrole nitrogens is 2. The summed E-state index contributed by atoms with van der Waals surface area (Å²) in [6.45, 7) is 3.51. The van der Waals surface area contributed by atoms with E-state index >= 15 is 0 Å². The van der Waals surface area contributed by atoms with Crippen LogP contribution in [-0.2, 0) is 32.0 Å².